The lowest BCUT2D eigenvalue weighted by atomic mass is 9.87. The minimum absolute atomic E-state index is 0.0209. The van der Waals surface area contributed by atoms with Crippen molar-refractivity contribution >= 4 is 33.4 Å². The third kappa shape index (κ3) is 4.90. The number of nitrogens with one attached hydrogen (secondary N) is 1. The van der Waals surface area contributed by atoms with E-state index in [4.69, 9.17) is 9.73 Å². The van der Waals surface area contributed by atoms with Crippen LogP contribution in [0.2, 0.25) is 0 Å². The van der Waals surface area contributed by atoms with Gasteiger partial charge in [0.05, 0.1) is 18.4 Å². The van der Waals surface area contributed by atoms with Gasteiger partial charge in [-0.1, -0.05) is 22.0 Å². The molecule has 0 unspecified atom stereocenters. The highest BCUT2D eigenvalue weighted by Crippen LogP contribution is 2.43. The number of carbonyl (C=O) groups excluding carboxylic acids is 1. The maximum atomic E-state index is 13.3. The van der Waals surface area contributed by atoms with Crippen molar-refractivity contribution in [1.29, 1.82) is 0 Å². The number of rotatable bonds is 6. The van der Waals surface area contributed by atoms with E-state index in [1.165, 1.54) is 12.5 Å². The van der Waals surface area contributed by atoms with Gasteiger partial charge in [-0.15, -0.1) is 0 Å². The highest BCUT2D eigenvalue weighted by molar-refractivity contribution is 9.10. The number of halogens is 4. The van der Waals surface area contributed by atoms with E-state index in [1.807, 2.05) is 6.07 Å². The maximum Gasteiger partial charge on any atom is 0.433 e. The quantitative estimate of drug-likeness (QED) is 0.477. The molecule has 1 spiro atoms. The summed E-state index contributed by atoms with van der Waals surface area (Å²) in [6.07, 6.45) is 1.91. The molecule has 1 aromatic heterocycles. The van der Waals surface area contributed by atoms with Gasteiger partial charge in [-0.3, -0.25) is 9.79 Å². The molecule has 1 N–H and O–H groups in total. The minimum Gasteiger partial charge on any atom is -0.373 e. The zero-order chi connectivity index (χ0) is 25.8. The van der Waals surface area contributed by atoms with Gasteiger partial charge in [-0.2, -0.15) is 13.2 Å². The van der Waals surface area contributed by atoms with E-state index in [-0.39, 0.29) is 11.8 Å². The fourth-order valence-electron chi connectivity index (χ4n) is 5.30. The minimum atomic E-state index is -4.51. The second-order valence-electron chi connectivity index (χ2n) is 10.5. The van der Waals surface area contributed by atoms with Gasteiger partial charge in [-0.05, 0) is 69.2 Å². The first-order valence-electron chi connectivity index (χ1n) is 12.9. The number of amides is 1. The molecule has 2 aliphatic carbocycles. The molecule has 1 saturated heterocycles. The molecule has 6 rings (SSSR count). The number of pyridine rings is 1. The molecular weight excluding hydrogens is 549 g/mol. The third-order valence-corrected chi connectivity index (χ3v) is 8.41. The van der Waals surface area contributed by atoms with Gasteiger partial charge in [0, 0.05) is 40.3 Å². The maximum absolute atomic E-state index is 13.3. The van der Waals surface area contributed by atoms with E-state index in [2.05, 4.69) is 43.3 Å². The van der Waals surface area contributed by atoms with Crippen molar-refractivity contribution in [1.82, 2.24) is 10.3 Å². The van der Waals surface area contributed by atoms with E-state index in [0.717, 1.165) is 47.5 Å². The number of benzene rings is 1. The Morgan fingerprint density at radius 2 is 1.86 bits per heavy atom. The van der Waals surface area contributed by atoms with Crippen molar-refractivity contribution in [3.63, 3.8) is 0 Å². The predicted molar refractivity (Wildman–Crippen MR) is 137 cm³/mol. The van der Waals surface area contributed by atoms with Crippen molar-refractivity contribution in [3.05, 3.63) is 57.3 Å². The van der Waals surface area contributed by atoms with Crippen molar-refractivity contribution < 1.29 is 22.7 Å². The zero-order valence-electron chi connectivity index (χ0n) is 20.3. The average molecular weight is 577 g/mol. The number of hydrogen-bond acceptors (Lipinski definition) is 5. The number of piperidine rings is 1. The monoisotopic (exact) mass is 576 g/mol. The molecule has 2 aliphatic heterocycles. The number of aliphatic imine (C=N–C) groups is 1. The summed E-state index contributed by atoms with van der Waals surface area (Å²) in [7, 11) is 0. The Bertz CT molecular complexity index is 1250. The van der Waals surface area contributed by atoms with Crippen LogP contribution in [0.5, 0.6) is 0 Å². The molecule has 0 atom stereocenters. The number of amidine groups is 1. The Hall–Kier alpha value is -2.46. The number of alkyl halides is 3. The van der Waals surface area contributed by atoms with Crippen LogP contribution in [0.15, 0.2) is 39.8 Å². The Labute approximate surface area is 221 Å². The zero-order valence-corrected chi connectivity index (χ0v) is 21.9. The second kappa shape index (κ2) is 9.38. The number of anilines is 1. The lowest BCUT2D eigenvalue weighted by molar-refractivity contribution is -0.141. The van der Waals surface area contributed by atoms with Gasteiger partial charge in [-0.25, -0.2) is 4.98 Å². The molecule has 2 aromatic rings. The number of nitrogens with zero attached hydrogens (tertiary/aromatic N) is 3. The van der Waals surface area contributed by atoms with Gasteiger partial charge < -0.3 is 15.0 Å². The Balaban J connectivity index is 1.22. The van der Waals surface area contributed by atoms with Crippen molar-refractivity contribution in [2.24, 2.45) is 4.99 Å². The molecule has 10 heteroatoms. The van der Waals surface area contributed by atoms with Crippen LogP contribution < -0.4 is 10.2 Å². The first kappa shape index (κ1) is 24.9. The second-order valence-corrected chi connectivity index (χ2v) is 11.4. The van der Waals surface area contributed by atoms with Gasteiger partial charge in [0.2, 0.25) is 0 Å². The molecule has 2 saturated carbocycles. The van der Waals surface area contributed by atoms with Crippen LogP contribution in [0.1, 0.15) is 73.4 Å². The lowest BCUT2D eigenvalue weighted by Crippen LogP contribution is -2.49. The predicted octanol–water partition coefficient (Wildman–Crippen LogP) is 5.73. The van der Waals surface area contributed by atoms with Crippen molar-refractivity contribution in [3.8, 4) is 0 Å². The molecule has 6 nitrogen and oxygen atoms in total. The number of carbonyl (C=O) groups is 1. The van der Waals surface area contributed by atoms with Gasteiger partial charge in [0.1, 0.15) is 17.1 Å². The van der Waals surface area contributed by atoms with Gasteiger partial charge >= 0.3 is 6.18 Å². The molecule has 3 fully saturated rings. The van der Waals surface area contributed by atoms with Crippen LogP contribution in [-0.4, -0.2) is 41.5 Å². The van der Waals surface area contributed by atoms with Crippen LogP contribution in [0, 0.1) is 0 Å². The normalized spacial score (nSPS) is 21.7. The average Bonchev–Trinajstić information content (AvgIpc) is 3.64. The highest BCUT2D eigenvalue weighted by Gasteiger charge is 2.47. The molecule has 1 aromatic carbocycles. The van der Waals surface area contributed by atoms with E-state index in [1.54, 1.807) is 0 Å². The van der Waals surface area contributed by atoms with Crippen LogP contribution in [-0.2, 0) is 22.3 Å². The topological polar surface area (TPSA) is 66.8 Å². The van der Waals surface area contributed by atoms with E-state index in [0.29, 0.717) is 55.7 Å². The van der Waals surface area contributed by atoms with E-state index in [9.17, 15) is 18.0 Å². The van der Waals surface area contributed by atoms with Gasteiger partial charge in [0.25, 0.3) is 5.91 Å². The lowest BCUT2D eigenvalue weighted by Gasteiger charge is -2.38. The van der Waals surface area contributed by atoms with Crippen LogP contribution in [0.25, 0.3) is 0 Å². The highest BCUT2D eigenvalue weighted by atomic mass is 79.9. The van der Waals surface area contributed by atoms with Gasteiger partial charge in [0.15, 0.2) is 0 Å². The molecular formula is C27H28BrF3N4O2. The summed E-state index contributed by atoms with van der Waals surface area (Å²) in [4.78, 5) is 24.2. The third-order valence-electron chi connectivity index (χ3n) is 7.92. The molecule has 3 heterocycles. The molecule has 37 heavy (non-hydrogen) atoms. The summed E-state index contributed by atoms with van der Waals surface area (Å²) >= 11 is 3.58. The summed E-state index contributed by atoms with van der Waals surface area (Å²) in [6.45, 7) is 1.83. The first-order valence-corrected chi connectivity index (χ1v) is 13.7. The fraction of sp³-hybridized carbons (Fsp3) is 0.519. The Morgan fingerprint density at radius 1 is 1.11 bits per heavy atom. The standard InChI is InChI=1S/C27H28BrF3N4O2/c28-18-7-6-17(15-37-19-2-1-3-19)21(14-18)35-12-10-26(11-13-35)25(36)33-24(34-26)20-8-9-22(27(29,30)31)32-23(20)16-4-5-16/h6-9,14,16,19H,1-5,10-13,15H2,(H,33,34,36). The SMILES string of the molecule is O=C1NC(c2ccc(C(F)(F)F)nc2C2CC2)=NC12CCN(c1cc(Br)ccc1COC1CCC1)CC2. The largest absolute Gasteiger partial charge is 0.433 e. The number of hydrogen-bond donors (Lipinski definition) is 1. The van der Waals surface area contributed by atoms with Crippen LogP contribution >= 0.6 is 15.9 Å². The molecule has 4 aliphatic rings. The summed E-state index contributed by atoms with van der Waals surface area (Å²) in [5.74, 6) is 0.137. The first-order chi connectivity index (χ1) is 17.7. The summed E-state index contributed by atoms with van der Waals surface area (Å²) < 4.78 is 46.9. The van der Waals surface area contributed by atoms with Crippen LogP contribution in [0.4, 0.5) is 18.9 Å². The van der Waals surface area contributed by atoms with E-state index >= 15 is 0 Å². The van der Waals surface area contributed by atoms with Crippen molar-refractivity contribution in [2.75, 3.05) is 18.0 Å². The molecule has 196 valence electrons. The molecule has 1 amide bonds. The summed E-state index contributed by atoms with van der Waals surface area (Å²) in [5.41, 5.74) is 1.28. The Morgan fingerprint density at radius 3 is 2.51 bits per heavy atom. The van der Waals surface area contributed by atoms with Crippen molar-refractivity contribution in [2.45, 2.75) is 75.3 Å². The van der Waals surface area contributed by atoms with E-state index < -0.39 is 17.4 Å². The Kier molecular flexibility index (Phi) is 6.30. The number of aromatic nitrogens is 1. The smallest absolute Gasteiger partial charge is 0.373 e. The molecule has 0 radical (unpaired) electrons. The summed E-state index contributed by atoms with van der Waals surface area (Å²) in [5, 5.41) is 2.88. The summed E-state index contributed by atoms with van der Waals surface area (Å²) in [6, 6.07) is 8.58. The fourth-order valence-corrected chi connectivity index (χ4v) is 5.65. The van der Waals surface area contributed by atoms with Crippen LogP contribution in [0.3, 0.4) is 0 Å². The number of ether oxygens (including phenoxy) is 1. The molecule has 0 bridgehead atoms.